The number of rotatable bonds is 6. The van der Waals surface area contributed by atoms with E-state index in [0.717, 1.165) is 32.2 Å². The number of amides is 1. The zero-order chi connectivity index (χ0) is 16.9. The number of nitrogens with one attached hydrogen (secondary N) is 2. The van der Waals surface area contributed by atoms with Crippen LogP contribution in [0.15, 0.2) is 30.3 Å². The van der Waals surface area contributed by atoms with Gasteiger partial charge in [-0.1, -0.05) is 30.3 Å². The molecule has 2 N–H and O–H groups in total. The molecule has 2 rings (SSSR count). The maximum atomic E-state index is 12.0. The fourth-order valence-electron chi connectivity index (χ4n) is 2.88. The Balaban J connectivity index is 1.81. The third-order valence-corrected chi connectivity index (χ3v) is 4.25. The normalized spacial score (nSPS) is 17.9. The molecule has 1 atom stereocenters. The molecule has 0 spiro atoms. The number of alkyl carbamates (subject to hydrolysis) is 1. The van der Waals surface area contributed by atoms with E-state index in [4.69, 9.17) is 4.74 Å². The number of hydrogen-bond acceptors (Lipinski definition) is 3. The highest BCUT2D eigenvalue weighted by molar-refractivity contribution is 5.69. The molecule has 0 aliphatic heterocycles. The van der Waals surface area contributed by atoms with Crippen molar-refractivity contribution in [1.29, 1.82) is 0 Å². The topological polar surface area (TPSA) is 50.4 Å². The molecular formula is C19H30N2O2. The maximum absolute atomic E-state index is 12.0. The summed E-state index contributed by atoms with van der Waals surface area (Å²) in [5.74, 6) is 0. The highest BCUT2D eigenvalue weighted by Gasteiger charge is 2.39. The predicted octanol–water partition coefficient (Wildman–Crippen LogP) is 3.65. The molecule has 128 valence electrons. The van der Waals surface area contributed by atoms with E-state index in [1.807, 2.05) is 26.8 Å². The molecule has 4 heteroatoms. The second kappa shape index (κ2) is 7.35. The van der Waals surface area contributed by atoms with E-state index < -0.39 is 5.60 Å². The number of ether oxygens (including phenoxy) is 1. The summed E-state index contributed by atoms with van der Waals surface area (Å²) >= 11 is 0. The second-order valence-corrected chi connectivity index (χ2v) is 7.73. The predicted molar refractivity (Wildman–Crippen MR) is 93.6 cm³/mol. The van der Waals surface area contributed by atoms with Crippen LogP contribution < -0.4 is 10.6 Å². The van der Waals surface area contributed by atoms with Crippen molar-refractivity contribution in [3.8, 4) is 0 Å². The summed E-state index contributed by atoms with van der Waals surface area (Å²) in [5, 5.41) is 6.65. The van der Waals surface area contributed by atoms with Gasteiger partial charge in [0, 0.05) is 12.6 Å². The van der Waals surface area contributed by atoms with Gasteiger partial charge in [-0.2, -0.15) is 0 Å². The summed E-state index contributed by atoms with van der Waals surface area (Å²) in [5.41, 5.74) is 0.728. The smallest absolute Gasteiger partial charge is 0.408 e. The molecule has 0 bridgehead atoms. The van der Waals surface area contributed by atoms with Crippen LogP contribution in [0.2, 0.25) is 0 Å². The Morgan fingerprint density at radius 2 is 1.91 bits per heavy atom. The summed E-state index contributed by atoms with van der Waals surface area (Å²) in [6.07, 6.45) is 3.86. The first kappa shape index (κ1) is 17.8. The lowest BCUT2D eigenvalue weighted by Gasteiger charge is -2.43. The van der Waals surface area contributed by atoms with E-state index in [0.29, 0.717) is 6.04 Å². The van der Waals surface area contributed by atoms with Gasteiger partial charge in [0.15, 0.2) is 0 Å². The van der Waals surface area contributed by atoms with E-state index in [1.165, 1.54) is 5.56 Å². The standard InChI is InChI=1S/C19H30N2O2/c1-15(13-16-9-6-5-7-10-16)20-14-19(11-8-12-19)21-17(22)23-18(2,3)4/h5-7,9-10,15,20H,8,11-14H2,1-4H3,(H,21,22). The van der Waals surface area contributed by atoms with Gasteiger partial charge in [0.05, 0.1) is 5.54 Å². The minimum Gasteiger partial charge on any atom is -0.444 e. The highest BCUT2D eigenvalue weighted by Crippen LogP contribution is 2.31. The van der Waals surface area contributed by atoms with Crippen molar-refractivity contribution in [3.63, 3.8) is 0 Å². The van der Waals surface area contributed by atoms with Gasteiger partial charge in [0.2, 0.25) is 0 Å². The molecule has 23 heavy (non-hydrogen) atoms. The van der Waals surface area contributed by atoms with E-state index in [-0.39, 0.29) is 11.6 Å². The number of carbonyl (C=O) groups excluding carboxylic acids is 1. The van der Waals surface area contributed by atoms with Crippen LogP contribution in [0.3, 0.4) is 0 Å². The van der Waals surface area contributed by atoms with Gasteiger partial charge in [-0.3, -0.25) is 0 Å². The molecular weight excluding hydrogens is 288 g/mol. The van der Waals surface area contributed by atoms with Crippen molar-refractivity contribution in [2.75, 3.05) is 6.54 Å². The van der Waals surface area contributed by atoms with Crippen LogP contribution >= 0.6 is 0 Å². The van der Waals surface area contributed by atoms with Crippen molar-refractivity contribution in [2.24, 2.45) is 0 Å². The maximum Gasteiger partial charge on any atom is 0.408 e. The molecule has 0 radical (unpaired) electrons. The molecule has 1 aromatic rings. The number of hydrogen-bond donors (Lipinski definition) is 2. The average Bonchev–Trinajstić information content (AvgIpc) is 2.40. The summed E-state index contributed by atoms with van der Waals surface area (Å²) in [6.45, 7) is 8.65. The van der Waals surface area contributed by atoms with Crippen LogP contribution in [0, 0.1) is 0 Å². The van der Waals surface area contributed by atoms with Crippen molar-refractivity contribution in [2.45, 2.75) is 70.6 Å². The lowest BCUT2D eigenvalue weighted by molar-refractivity contribution is 0.0379. The first-order chi connectivity index (χ1) is 10.8. The summed E-state index contributed by atoms with van der Waals surface area (Å²) in [4.78, 5) is 12.0. The average molecular weight is 318 g/mol. The van der Waals surface area contributed by atoms with Gasteiger partial charge >= 0.3 is 6.09 Å². The van der Waals surface area contributed by atoms with Crippen LogP contribution in [-0.2, 0) is 11.2 Å². The molecule has 1 aromatic carbocycles. The van der Waals surface area contributed by atoms with Crippen LogP contribution in [0.4, 0.5) is 4.79 Å². The fraction of sp³-hybridized carbons (Fsp3) is 0.632. The molecule has 1 amide bonds. The number of benzene rings is 1. The zero-order valence-corrected chi connectivity index (χ0v) is 14.8. The molecule has 1 aliphatic rings. The monoisotopic (exact) mass is 318 g/mol. The van der Waals surface area contributed by atoms with Gasteiger partial charge in [0.25, 0.3) is 0 Å². The Kier molecular flexibility index (Phi) is 5.69. The van der Waals surface area contributed by atoms with E-state index in [2.05, 4.69) is 41.8 Å². The molecule has 0 aromatic heterocycles. The summed E-state index contributed by atoms with van der Waals surface area (Å²) < 4.78 is 5.39. The van der Waals surface area contributed by atoms with Gasteiger partial charge < -0.3 is 15.4 Å². The third kappa shape index (κ3) is 5.87. The molecule has 1 aliphatic carbocycles. The highest BCUT2D eigenvalue weighted by atomic mass is 16.6. The quantitative estimate of drug-likeness (QED) is 0.841. The number of carbonyl (C=O) groups is 1. The third-order valence-electron chi connectivity index (χ3n) is 4.25. The minimum atomic E-state index is -0.455. The first-order valence-corrected chi connectivity index (χ1v) is 8.57. The molecule has 1 fully saturated rings. The van der Waals surface area contributed by atoms with Gasteiger partial charge in [-0.05, 0) is 58.9 Å². The lowest BCUT2D eigenvalue weighted by atomic mass is 9.76. The van der Waals surface area contributed by atoms with Crippen LogP contribution in [0.1, 0.15) is 52.5 Å². The second-order valence-electron chi connectivity index (χ2n) is 7.73. The Bertz CT molecular complexity index is 504. The summed E-state index contributed by atoms with van der Waals surface area (Å²) in [7, 11) is 0. The molecule has 0 heterocycles. The van der Waals surface area contributed by atoms with Gasteiger partial charge in [0.1, 0.15) is 5.60 Å². The Hall–Kier alpha value is -1.55. The van der Waals surface area contributed by atoms with Gasteiger partial charge in [-0.25, -0.2) is 4.79 Å². The van der Waals surface area contributed by atoms with Crippen molar-refractivity contribution >= 4 is 6.09 Å². The van der Waals surface area contributed by atoms with E-state index >= 15 is 0 Å². The zero-order valence-electron chi connectivity index (χ0n) is 14.8. The van der Waals surface area contributed by atoms with Crippen LogP contribution in [0.5, 0.6) is 0 Å². The molecule has 1 saturated carbocycles. The molecule has 1 unspecified atom stereocenters. The lowest BCUT2D eigenvalue weighted by Crippen LogP contribution is -2.60. The van der Waals surface area contributed by atoms with Gasteiger partial charge in [-0.15, -0.1) is 0 Å². The fourth-order valence-corrected chi connectivity index (χ4v) is 2.88. The summed E-state index contributed by atoms with van der Waals surface area (Å²) in [6, 6.07) is 10.8. The van der Waals surface area contributed by atoms with Crippen molar-refractivity contribution < 1.29 is 9.53 Å². The largest absolute Gasteiger partial charge is 0.444 e. The van der Waals surface area contributed by atoms with Crippen molar-refractivity contribution in [3.05, 3.63) is 35.9 Å². The van der Waals surface area contributed by atoms with Crippen LogP contribution in [-0.4, -0.2) is 29.8 Å². The Morgan fingerprint density at radius 3 is 2.43 bits per heavy atom. The van der Waals surface area contributed by atoms with E-state index in [9.17, 15) is 4.79 Å². The SMILES string of the molecule is CC(Cc1ccccc1)NCC1(NC(=O)OC(C)(C)C)CCC1. The minimum absolute atomic E-state index is 0.146. The Morgan fingerprint density at radius 1 is 1.26 bits per heavy atom. The molecule has 4 nitrogen and oxygen atoms in total. The first-order valence-electron chi connectivity index (χ1n) is 8.57. The Labute approximate surface area is 140 Å². The van der Waals surface area contributed by atoms with E-state index in [1.54, 1.807) is 0 Å². The van der Waals surface area contributed by atoms with Crippen molar-refractivity contribution in [1.82, 2.24) is 10.6 Å². The molecule has 0 saturated heterocycles. The van der Waals surface area contributed by atoms with Crippen LogP contribution in [0.25, 0.3) is 0 Å².